The van der Waals surface area contributed by atoms with Gasteiger partial charge in [-0.05, 0) is 49.4 Å². The van der Waals surface area contributed by atoms with E-state index in [1.807, 2.05) is 44.1 Å². The Kier molecular flexibility index (Phi) is 6.62. The molecule has 1 saturated heterocycles. The van der Waals surface area contributed by atoms with E-state index < -0.39 is 26.2 Å². The van der Waals surface area contributed by atoms with Gasteiger partial charge in [-0.15, -0.1) is 8.80 Å². The fourth-order valence-corrected chi connectivity index (χ4v) is 7.30. The molecule has 2 aromatic rings. The van der Waals surface area contributed by atoms with Gasteiger partial charge in [0, 0.05) is 13.1 Å². The van der Waals surface area contributed by atoms with Gasteiger partial charge < -0.3 is 20.2 Å². The largest absolute Gasteiger partial charge is 0.505 e. The number of thiol groups is 1. The summed E-state index contributed by atoms with van der Waals surface area (Å²) in [6.45, 7) is 9.21. The maximum absolute atomic E-state index is 13.6. The second kappa shape index (κ2) is 9.10. The van der Waals surface area contributed by atoms with Crippen LogP contribution in [-0.4, -0.2) is 53.9 Å². The summed E-state index contributed by atoms with van der Waals surface area (Å²) >= 11 is 0. The van der Waals surface area contributed by atoms with E-state index in [2.05, 4.69) is 19.4 Å². The Morgan fingerprint density at radius 1 is 1.14 bits per heavy atom. The predicted octanol–water partition coefficient (Wildman–Crippen LogP) is 2.07. The van der Waals surface area contributed by atoms with Crippen molar-refractivity contribution in [3.8, 4) is 5.75 Å². The van der Waals surface area contributed by atoms with Gasteiger partial charge in [0.15, 0.2) is 17.4 Å². The number of phenols is 1. The van der Waals surface area contributed by atoms with Crippen molar-refractivity contribution in [1.82, 2.24) is 9.62 Å². The summed E-state index contributed by atoms with van der Waals surface area (Å²) in [6.07, 6.45) is 1.92. The zero-order valence-electron chi connectivity index (χ0n) is 20.6. The van der Waals surface area contributed by atoms with E-state index in [1.165, 1.54) is 0 Å². The molecule has 3 heterocycles. The van der Waals surface area contributed by atoms with Crippen LogP contribution in [0.15, 0.2) is 48.4 Å². The van der Waals surface area contributed by atoms with E-state index in [0.717, 1.165) is 18.6 Å². The van der Waals surface area contributed by atoms with E-state index in [1.54, 1.807) is 25.3 Å². The molecular formula is C22H32BN5O5S2. The van der Waals surface area contributed by atoms with Crippen molar-refractivity contribution in [2.24, 2.45) is 14.2 Å². The zero-order chi connectivity index (χ0) is 25.6. The van der Waals surface area contributed by atoms with Crippen LogP contribution in [0.2, 0.25) is 0 Å². The number of hydrogen-bond acceptors (Lipinski definition) is 7. The van der Waals surface area contributed by atoms with Crippen LogP contribution in [0.1, 0.15) is 51.2 Å². The molecule has 0 radical (unpaired) electrons. The Bertz CT molecular complexity index is 1340. The van der Waals surface area contributed by atoms with Crippen LogP contribution in [-0.2, 0) is 20.2 Å². The molecule has 1 fully saturated rings. The van der Waals surface area contributed by atoms with Crippen LogP contribution in [0.4, 0.5) is 5.69 Å². The Morgan fingerprint density at radius 3 is 2.40 bits per heavy atom. The van der Waals surface area contributed by atoms with E-state index in [9.17, 15) is 17.7 Å². The van der Waals surface area contributed by atoms with E-state index >= 15 is 0 Å². The molecule has 0 saturated carbocycles. The van der Waals surface area contributed by atoms with Gasteiger partial charge in [-0.2, -0.15) is 8.42 Å². The summed E-state index contributed by atoms with van der Waals surface area (Å²) in [5, 5.41) is 17.1. The lowest BCUT2D eigenvalue weighted by molar-refractivity contribution is 0.261. The van der Waals surface area contributed by atoms with Crippen LogP contribution in [0.5, 0.6) is 5.75 Å². The molecular weight excluding hydrogens is 489 g/mol. The minimum Gasteiger partial charge on any atom is -0.505 e. The SMILES string of the molecule is B[SH](=O)(c1cccc(NC2=NS(=O)(=O)N=C2N[C@@H](c2ccc(C)o2)C(C)(C)C)c1O)N1CCCC1. The first-order valence-corrected chi connectivity index (χ1v) is 15.0. The lowest BCUT2D eigenvalue weighted by Gasteiger charge is -2.31. The molecule has 0 aliphatic carbocycles. The van der Waals surface area contributed by atoms with E-state index in [-0.39, 0.29) is 28.5 Å². The van der Waals surface area contributed by atoms with Gasteiger partial charge >= 0.3 is 10.2 Å². The summed E-state index contributed by atoms with van der Waals surface area (Å²) in [7, 11) is -5.48. The van der Waals surface area contributed by atoms with Crippen molar-refractivity contribution in [3.05, 3.63) is 41.9 Å². The number of phenolic OH excluding ortho intramolecular Hbond substituents is 1. The second-order valence-electron chi connectivity index (χ2n) is 10.1. The highest BCUT2D eigenvalue weighted by molar-refractivity contribution is 8.20. The Labute approximate surface area is 208 Å². The number of hydrogen-bond donors (Lipinski definition) is 4. The molecule has 0 amide bonds. The predicted molar refractivity (Wildman–Crippen MR) is 141 cm³/mol. The van der Waals surface area contributed by atoms with Crippen molar-refractivity contribution in [2.45, 2.75) is 51.5 Å². The lowest BCUT2D eigenvalue weighted by Crippen LogP contribution is -2.41. The molecule has 2 aliphatic heterocycles. The topological polar surface area (TPSA) is 137 Å². The molecule has 13 heteroatoms. The molecule has 1 aromatic carbocycles. The van der Waals surface area contributed by atoms with Crippen molar-refractivity contribution in [3.63, 3.8) is 0 Å². The van der Waals surface area contributed by atoms with Crippen LogP contribution >= 0.6 is 0 Å². The smallest absolute Gasteiger partial charge is 0.367 e. The molecule has 0 spiro atoms. The number of para-hydroxylation sites is 1. The van der Waals surface area contributed by atoms with Crippen molar-refractivity contribution < 1.29 is 22.2 Å². The molecule has 190 valence electrons. The first-order chi connectivity index (χ1) is 16.3. The van der Waals surface area contributed by atoms with Crippen molar-refractivity contribution >= 4 is 44.7 Å². The first-order valence-electron chi connectivity index (χ1n) is 11.5. The van der Waals surface area contributed by atoms with Gasteiger partial charge in [-0.3, -0.25) is 8.51 Å². The Hall–Kier alpha value is -2.64. The molecule has 2 aliphatic rings. The lowest BCUT2D eigenvalue weighted by atomic mass is 9.85. The standard InChI is InChI=1S/C22H32BN5O5S2/c1-14-10-11-16(33-14)19(22(2,3)4)25-21-20(26-35(31,32)27-21)24-15-8-7-9-17(18(15)29)34(23,30)28-12-5-6-13-28/h7-11,19,29,34H,5-6,12-13,23H2,1-4H3,(H,24,26)(H,25,27)/t19-/m0/s1. The minimum absolute atomic E-state index is 0.00278. The number of amidine groups is 2. The molecule has 10 nitrogen and oxygen atoms in total. The maximum Gasteiger partial charge on any atom is 0.367 e. The summed E-state index contributed by atoms with van der Waals surface area (Å²) in [5.41, 5.74) is -0.174. The minimum atomic E-state index is -4.12. The summed E-state index contributed by atoms with van der Waals surface area (Å²) in [5.74, 6) is 1.09. The molecule has 1 aromatic heterocycles. The number of furan rings is 1. The third-order valence-electron chi connectivity index (χ3n) is 6.17. The number of nitrogens with one attached hydrogen (secondary N) is 2. The zero-order valence-corrected chi connectivity index (χ0v) is 22.3. The van der Waals surface area contributed by atoms with Gasteiger partial charge in [0.2, 0.25) is 7.12 Å². The quantitative estimate of drug-likeness (QED) is 0.269. The van der Waals surface area contributed by atoms with Crippen LogP contribution in [0, 0.1) is 12.3 Å². The summed E-state index contributed by atoms with van der Waals surface area (Å²) in [6, 6.07) is 8.13. The third-order valence-corrected chi connectivity index (χ3v) is 9.73. The summed E-state index contributed by atoms with van der Waals surface area (Å²) in [4.78, 5) is 0.316. The number of nitrogens with zero attached hydrogens (tertiary/aromatic N) is 3. The molecule has 35 heavy (non-hydrogen) atoms. The van der Waals surface area contributed by atoms with Gasteiger partial charge in [0.25, 0.3) is 0 Å². The van der Waals surface area contributed by atoms with E-state index in [4.69, 9.17) is 4.42 Å². The Balaban J connectivity index is 1.65. The monoisotopic (exact) mass is 521 g/mol. The highest BCUT2D eigenvalue weighted by Crippen LogP contribution is 2.37. The fourth-order valence-electron chi connectivity index (χ4n) is 4.30. The van der Waals surface area contributed by atoms with Gasteiger partial charge in [-0.25, -0.2) is 0 Å². The highest BCUT2D eigenvalue weighted by atomic mass is 32.2. The number of benzene rings is 1. The molecule has 1 atom stereocenters. The van der Waals surface area contributed by atoms with Crippen LogP contribution in [0.25, 0.3) is 0 Å². The van der Waals surface area contributed by atoms with E-state index in [0.29, 0.717) is 23.7 Å². The van der Waals surface area contributed by atoms with Crippen molar-refractivity contribution in [2.75, 3.05) is 18.4 Å². The third kappa shape index (κ3) is 5.31. The first kappa shape index (κ1) is 25.5. The average Bonchev–Trinajstić information content (AvgIpc) is 3.47. The summed E-state index contributed by atoms with van der Waals surface area (Å²) < 4.78 is 53.4. The molecule has 0 unspecified atom stereocenters. The number of aryl methyl sites for hydroxylation is 1. The molecule has 0 bridgehead atoms. The molecule has 4 rings (SSSR count). The van der Waals surface area contributed by atoms with Gasteiger partial charge in [-0.1, -0.05) is 36.8 Å². The van der Waals surface area contributed by atoms with Crippen LogP contribution in [0.3, 0.4) is 0 Å². The number of rotatable bonds is 5. The average molecular weight is 521 g/mol. The molecule has 3 N–H and O–H groups in total. The van der Waals surface area contributed by atoms with Gasteiger partial charge in [0.05, 0.1) is 16.6 Å². The number of aromatic hydroxyl groups is 1. The number of anilines is 1. The van der Waals surface area contributed by atoms with Crippen molar-refractivity contribution in [1.29, 1.82) is 0 Å². The fraction of sp³-hybridized carbons (Fsp3) is 0.455. The highest BCUT2D eigenvalue weighted by Gasteiger charge is 2.35. The maximum atomic E-state index is 13.6. The van der Waals surface area contributed by atoms with Gasteiger partial charge in [0.1, 0.15) is 11.5 Å². The van der Waals surface area contributed by atoms with Crippen LogP contribution < -0.4 is 10.6 Å². The Morgan fingerprint density at radius 2 is 1.80 bits per heavy atom. The normalized spacial score (nSPS) is 19.8. The second-order valence-corrected chi connectivity index (χ2v) is 14.1.